The largest absolute Gasteiger partial charge is 0.326 e. The van der Waals surface area contributed by atoms with E-state index in [0.29, 0.717) is 12.5 Å². The van der Waals surface area contributed by atoms with E-state index in [1.165, 1.54) is 17.7 Å². The highest BCUT2D eigenvalue weighted by Crippen LogP contribution is 2.31. The zero-order valence-electron chi connectivity index (χ0n) is 11.2. The number of hydrogen-bond acceptors (Lipinski definition) is 2. The molecule has 0 aliphatic heterocycles. The fourth-order valence-corrected chi connectivity index (χ4v) is 2.79. The molecule has 2 aromatic rings. The number of halogens is 1. The number of hydrogen-bond donors (Lipinski definition) is 1. The molecule has 0 unspecified atom stereocenters. The minimum absolute atomic E-state index is 0.236. The Kier molecular flexibility index (Phi) is 4.61. The molecule has 0 radical (unpaired) electrons. The molecule has 0 bridgehead atoms. The molecule has 19 heavy (non-hydrogen) atoms. The molecule has 1 nitrogen and oxygen atoms in total. The monoisotopic (exact) mass is 275 g/mol. The van der Waals surface area contributed by atoms with Gasteiger partial charge in [-0.2, -0.15) is 0 Å². The Morgan fingerprint density at radius 2 is 1.79 bits per heavy atom. The maximum atomic E-state index is 13.1. The normalized spacial score (nSPS) is 11.0. The Morgan fingerprint density at radius 1 is 1.11 bits per heavy atom. The average molecular weight is 275 g/mol. The van der Waals surface area contributed by atoms with Crippen molar-refractivity contribution in [2.24, 2.45) is 5.73 Å². The molecular formula is C16H18FNS. The van der Waals surface area contributed by atoms with Crippen LogP contribution < -0.4 is 5.73 Å². The highest BCUT2D eigenvalue weighted by atomic mass is 32.2. The first kappa shape index (κ1) is 14.1. The molecule has 0 aliphatic carbocycles. The van der Waals surface area contributed by atoms with Gasteiger partial charge in [0, 0.05) is 16.3 Å². The molecule has 0 aliphatic rings. The molecule has 0 saturated heterocycles. The third-order valence-corrected chi connectivity index (χ3v) is 4.14. The van der Waals surface area contributed by atoms with Gasteiger partial charge in [0.25, 0.3) is 0 Å². The second-order valence-electron chi connectivity index (χ2n) is 4.78. The third kappa shape index (κ3) is 3.58. The van der Waals surface area contributed by atoms with Gasteiger partial charge >= 0.3 is 0 Å². The van der Waals surface area contributed by atoms with Gasteiger partial charge in [0.15, 0.2) is 0 Å². The molecule has 0 saturated carbocycles. The molecule has 3 heteroatoms. The van der Waals surface area contributed by atoms with Crippen LogP contribution in [0.5, 0.6) is 0 Å². The van der Waals surface area contributed by atoms with Gasteiger partial charge in [-0.3, -0.25) is 0 Å². The number of rotatable bonds is 4. The molecule has 0 amide bonds. The van der Waals surface area contributed by atoms with Crippen molar-refractivity contribution in [1.82, 2.24) is 0 Å². The molecule has 0 aromatic heterocycles. The highest BCUT2D eigenvalue weighted by molar-refractivity contribution is 7.99. The van der Waals surface area contributed by atoms with Crippen molar-refractivity contribution in [2.75, 3.05) is 0 Å². The van der Waals surface area contributed by atoms with Crippen LogP contribution in [0, 0.1) is 5.82 Å². The molecule has 2 rings (SSSR count). The SMILES string of the molecule is CC(C)c1ccc(Sc2ccc(F)cc2CN)cc1. The Labute approximate surface area is 118 Å². The minimum atomic E-state index is -0.236. The van der Waals surface area contributed by atoms with Crippen molar-refractivity contribution >= 4 is 11.8 Å². The topological polar surface area (TPSA) is 26.0 Å². The van der Waals surface area contributed by atoms with Crippen molar-refractivity contribution in [3.8, 4) is 0 Å². The fraction of sp³-hybridized carbons (Fsp3) is 0.250. The smallest absolute Gasteiger partial charge is 0.123 e. The van der Waals surface area contributed by atoms with Crippen molar-refractivity contribution in [3.05, 3.63) is 59.4 Å². The van der Waals surface area contributed by atoms with Crippen LogP contribution in [0.1, 0.15) is 30.9 Å². The minimum Gasteiger partial charge on any atom is -0.326 e. The Morgan fingerprint density at radius 3 is 2.37 bits per heavy atom. The lowest BCUT2D eigenvalue weighted by Gasteiger charge is -2.09. The predicted octanol–water partition coefficient (Wildman–Crippen LogP) is 4.56. The second kappa shape index (κ2) is 6.22. The summed E-state index contributed by atoms with van der Waals surface area (Å²) < 4.78 is 13.1. The molecule has 2 N–H and O–H groups in total. The maximum Gasteiger partial charge on any atom is 0.123 e. The molecule has 0 spiro atoms. The van der Waals surface area contributed by atoms with Crippen molar-refractivity contribution in [1.29, 1.82) is 0 Å². The van der Waals surface area contributed by atoms with Crippen LogP contribution in [0.3, 0.4) is 0 Å². The lowest BCUT2D eigenvalue weighted by atomic mass is 10.0. The summed E-state index contributed by atoms with van der Waals surface area (Å²) in [6, 6.07) is 13.2. The van der Waals surface area contributed by atoms with E-state index in [1.54, 1.807) is 17.8 Å². The van der Waals surface area contributed by atoms with Crippen LogP contribution in [0.15, 0.2) is 52.3 Å². The third-order valence-electron chi connectivity index (χ3n) is 3.02. The van der Waals surface area contributed by atoms with E-state index in [0.717, 1.165) is 15.4 Å². The molecule has 0 fully saturated rings. The van der Waals surface area contributed by atoms with E-state index < -0.39 is 0 Å². The van der Waals surface area contributed by atoms with E-state index in [-0.39, 0.29) is 5.82 Å². The highest BCUT2D eigenvalue weighted by Gasteiger charge is 2.06. The molecule has 100 valence electrons. The lowest BCUT2D eigenvalue weighted by Crippen LogP contribution is -1.99. The quantitative estimate of drug-likeness (QED) is 0.885. The van der Waals surface area contributed by atoms with Crippen LogP contribution in [-0.4, -0.2) is 0 Å². The van der Waals surface area contributed by atoms with Crippen LogP contribution in [0.25, 0.3) is 0 Å². The summed E-state index contributed by atoms with van der Waals surface area (Å²) in [5.41, 5.74) is 7.82. The first-order valence-electron chi connectivity index (χ1n) is 6.36. The van der Waals surface area contributed by atoms with Gasteiger partial charge in [0.1, 0.15) is 5.82 Å². The predicted molar refractivity (Wildman–Crippen MR) is 78.9 cm³/mol. The van der Waals surface area contributed by atoms with Gasteiger partial charge in [0.05, 0.1) is 0 Å². The van der Waals surface area contributed by atoms with Crippen molar-refractivity contribution in [2.45, 2.75) is 36.1 Å². The number of nitrogens with two attached hydrogens (primary N) is 1. The Hall–Kier alpha value is -1.32. The molecule has 0 heterocycles. The van der Waals surface area contributed by atoms with E-state index in [1.807, 2.05) is 0 Å². The Bertz CT molecular complexity index is 549. The summed E-state index contributed by atoms with van der Waals surface area (Å²) in [6.45, 7) is 4.70. The summed E-state index contributed by atoms with van der Waals surface area (Å²) in [6.07, 6.45) is 0. The summed E-state index contributed by atoms with van der Waals surface area (Å²) in [5.74, 6) is 0.296. The zero-order chi connectivity index (χ0) is 13.8. The van der Waals surface area contributed by atoms with Gasteiger partial charge in [-0.1, -0.05) is 37.7 Å². The van der Waals surface area contributed by atoms with Gasteiger partial charge in [-0.25, -0.2) is 4.39 Å². The van der Waals surface area contributed by atoms with Gasteiger partial charge in [0.2, 0.25) is 0 Å². The molecular weight excluding hydrogens is 257 g/mol. The number of benzene rings is 2. The van der Waals surface area contributed by atoms with Gasteiger partial charge < -0.3 is 5.73 Å². The van der Waals surface area contributed by atoms with Crippen LogP contribution in [-0.2, 0) is 6.54 Å². The van der Waals surface area contributed by atoms with E-state index >= 15 is 0 Å². The average Bonchev–Trinajstić information content (AvgIpc) is 2.41. The first-order chi connectivity index (χ1) is 9.10. The van der Waals surface area contributed by atoms with E-state index in [2.05, 4.69) is 38.1 Å². The van der Waals surface area contributed by atoms with E-state index in [4.69, 9.17) is 5.73 Å². The first-order valence-corrected chi connectivity index (χ1v) is 7.18. The summed E-state index contributed by atoms with van der Waals surface area (Å²) in [7, 11) is 0. The maximum absolute atomic E-state index is 13.1. The standard InChI is InChI=1S/C16H18FNS/c1-11(2)12-3-6-15(7-4-12)19-16-8-5-14(17)9-13(16)10-18/h3-9,11H,10,18H2,1-2H3. The summed E-state index contributed by atoms with van der Waals surface area (Å²) >= 11 is 1.62. The zero-order valence-corrected chi connectivity index (χ0v) is 12.0. The van der Waals surface area contributed by atoms with Crippen LogP contribution in [0.2, 0.25) is 0 Å². The lowest BCUT2D eigenvalue weighted by molar-refractivity contribution is 0.623. The van der Waals surface area contributed by atoms with Crippen LogP contribution in [0.4, 0.5) is 4.39 Å². The summed E-state index contributed by atoms with van der Waals surface area (Å²) in [5, 5.41) is 0. The molecule has 0 atom stereocenters. The Balaban J connectivity index is 2.21. The fourth-order valence-electron chi connectivity index (χ4n) is 1.85. The molecule has 2 aromatic carbocycles. The van der Waals surface area contributed by atoms with Crippen molar-refractivity contribution in [3.63, 3.8) is 0 Å². The van der Waals surface area contributed by atoms with Crippen LogP contribution >= 0.6 is 11.8 Å². The van der Waals surface area contributed by atoms with Gasteiger partial charge in [-0.05, 0) is 47.4 Å². The second-order valence-corrected chi connectivity index (χ2v) is 5.90. The summed E-state index contributed by atoms with van der Waals surface area (Å²) in [4.78, 5) is 2.16. The van der Waals surface area contributed by atoms with Crippen molar-refractivity contribution < 1.29 is 4.39 Å². The van der Waals surface area contributed by atoms with Gasteiger partial charge in [-0.15, -0.1) is 0 Å². The van der Waals surface area contributed by atoms with E-state index in [9.17, 15) is 4.39 Å².